The first kappa shape index (κ1) is 8.60. The summed E-state index contributed by atoms with van der Waals surface area (Å²) < 4.78 is 0. The van der Waals surface area contributed by atoms with E-state index in [0.717, 1.165) is 25.1 Å². The first-order valence-electron chi connectivity index (χ1n) is 4.51. The average Bonchev–Trinajstić information content (AvgIpc) is 2.79. The van der Waals surface area contributed by atoms with Gasteiger partial charge in [-0.3, -0.25) is 0 Å². The minimum absolute atomic E-state index is 0.816. The molecule has 0 heterocycles. The van der Waals surface area contributed by atoms with E-state index in [1.54, 1.807) is 0 Å². The van der Waals surface area contributed by atoms with Gasteiger partial charge in [-0.2, -0.15) is 0 Å². The molecular formula is C9H18N2. The maximum absolute atomic E-state index is 5.81. The molecule has 1 aliphatic rings. The van der Waals surface area contributed by atoms with Gasteiger partial charge in [0.05, 0.1) is 0 Å². The predicted octanol–water partition coefficient (Wildman–Crippen LogP) is 1.51. The van der Waals surface area contributed by atoms with E-state index in [2.05, 4.69) is 0 Å². The maximum Gasteiger partial charge on any atom is 0.00726 e. The minimum Gasteiger partial charge on any atom is -0.402 e. The molecule has 0 aromatic carbocycles. The van der Waals surface area contributed by atoms with Crippen molar-refractivity contribution in [2.24, 2.45) is 11.5 Å². The summed E-state index contributed by atoms with van der Waals surface area (Å²) in [5.41, 5.74) is 13.8. The third-order valence-electron chi connectivity index (χ3n) is 2.10. The summed E-state index contributed by atoms with van der Waals surface area (Å²) in [5, 5.41) is 0. The highest BCUT2D eigenvalue weighted by Crippen LogP contribution is 2.31. The van der Waals surface area contributed by atoms with E-state index >= 15 is 0 Å². The zero-order chi connectivity index (χ0) is 8.10. The maximum atomic E-state index is 5.81. The summed E-state index contributed by atoms with van der Waals surface area (Å²) in [5.74, 6) is 0. The van der Waals surface area contributed by atoms with Gasteiger partial charge in [-0.25, -0.2) is 0 Å². The van der Waals surface area contributed by atoms with Gasteiger partial charge in [-0.1, -0.05) is 12.0 Å². The Balaban J connectivity index is 1.98. The van der Waals surface area contributed by atoms with Gasteiger partial charge in [-0.15, -0.1) is 0 Å². The first-order chi connectivity index (χ1) is 5.34. The Kier molecular flexibility index (Phi) is 3.43. The largest absolute Gasteiger partial charge is 0.402 e. The molecule has 2 heteroatoms. The highest BCUT2D eigenvalue weighted by atomic mass is 14.6. The Hall–Kier alpha value is -0.500. The van der Waals surface area contributed by atoms with Gasteiger partial charge in [0.1, 0.15) is 0 Å². The summed E-state index contributed by atoms with van der Waals surface area (Å²) in [4.78, 5) is 0. The summed E-state index contributed by atoms with van der Waals surface area (Å²) >= 11 is 0. The minimum atomic E-state index is 0.816. The molecule has 64 valence electrons. The molecule has 2 nitrogen and oxygen atoms in total. The topological polar surface area (TPSA) is 52.0 Å². The van der Waals surface area contributed by atoms with Crippen LogP contribution in [0.2, 0.25) is 0 Å². The Morgan fingerprint density at radius 1 is 1.18 bits per heavy atom. The summed E-state index contributed by atoms with van der Waals surface area (Å²) in [6.07, 6.45) is 7.18. The van der Waals surface area contributed by atoms with E-state index in [1.807, 2.05) is 0 Å². The Labute approximate surface area is 68.6 Å². The van der Waals surface area contributed by atoms with Gasteiger partial charge in [0, 0.05) is 5.70 Å². The molecule has 0 saturated heterocycles. The predicted molar refractivity (Wildman–Crippen MR) is 48.0 cm³/mol. The molecule has 0 unspecified atom stereocenters. The SMILES string of the molecule is NCCCCCC(N)=C1CC1. The molecule has 1 fully saturated rings. The van der Waals surface area contributed by atoms with E-state index in [1.165, 1.54) is 31.3 Å². The summed E-state index contributed by atoms with van der Waals surface area (Å²) in [6, 6.07) is 0. The number of hydrogen-bond donors (Lipinski definition) is 2. The number of unbranched alkanes of at least 4 members (excludes halogenated alkanes) is 2. The lowest BCUT2D eigenvalue weighted by Gasteiger charge is -1.99. The van der Waals surface area contributed by atoms with E-state index < -0.39 is 0 Å². The Morgan fingerprint density at radius 2 is 1.91 bits per heavy atom. The zero-order valence-corrected chi connectivity index (χ0v) is 7.10. The molecule has 0 aliphatic heterocycles. The molecular weight excluding hydrogens is 136 g/mol. The molecule has 4 N–H and O–H groups in total. The van der Waals surface area contributed by atoms with Crippen LogP contribution in [-0.2, 0) is 0 Å². The summed E-state index contributed by atoms with van der Waals surface area (Å²) in [7, 11) is 0. The second-order valence-corrected chi connectivity index (χ2v) is 3.23. The molecule has 1 rings (SSSR count). The lowest BCUT2D eigenvalue weighted by Crippen LogP contribution is -2.00. The molecule has 0 spiro atoms. The van der Waals surface area contributed by atoms with Crippen molar-refractivity contribution in [3.05, 3.63) is 11.3 Å². The third kappa shape index (κ3) is 3.42. The molecule has 0 radical (unpaired) electrons. The fourth-order valence-corrected chi connectivity index (χ4v) is 1.20. The van der Waals surface area contributed by atoms with E-state index in [9.17, 15) is 0 Å². The normalized spacial score (nSPS) is 15.2. The molecule has 0 amide bonds. The van der Waals surface area contributed by atoms with Crippen molar-refractivity contribution in [1.82, 2.24) is 0 Å². The zero-order valence-electron chi connectivity index (χ0n) is 7.10. The van der Waals surface area contributed by atoms with Crippen molar-refractivity contribution in [2.45, 2.75) is 38.5 Å². The van der Waals surface area contributed by atoms with Crippen LogP contribution in [0.25, 0.3) is 0 Å². The van der Waals surface area contributed by atoms with Crippen molar-refractivity contribution < 1.29 is 0 Å². The van der Waals surface area contributed by atoms with Crippen molar-refractivity contribution in [1.29, 1.82) is 0 Å². The molecule has 0 bridgehead atoms. The Morgan fingerprint density at radius 3 is 2.45 bits per heavy atom. The van der Waals surface area contributed by atoms with Gasteiger partial charge in [-0.05, 0) is 38.6 Å². The number of allylic oxidation sites excluding steroid dienone is 2. The van der Waals surface area contributed by atoms with Crippen LogP contribution in [0.3, 0.4) is 0 Å². The highest BCUT2D eigenvalue weighted by molar-refractivity contribution is 5.22. The smallest absolute Gasteiger partial charge is 0.00726 e. The molecule has 11 heavy (non-hydrogen) atoms. The van der Waals surface area contributed by atoms with Gasteiger partial charge < -0.3 is 11.5 Å². The van der Waals surface area contributed by atoms with Crippen LogP contribution in [0.1, 0.15) is 38.5 Å². The molecule has 1 aliphatic carbocycles. The van der Waals surface area contributed by atoms with E-state index in [-0.39, 0.29) is 0 Å². The fraction of sp³-hybridized carbons (Fsp3) is 0.778. The quantitative estimate of drug-likeness (QED) is 0.590. The monoisotopic (exact) mass is 154 g/mol. The van der Waals surface area contributed by atoms with Crippen molar-refractivity contribution in [2.75, 3.05) is 6.54 Å². The highest BCUT2D eigenvalue weighted by Gasteiger charge is 2.14. The number of rotatable bonds is 5. The standard InChI is InChI=1S/C9H18N2/c10-7-3-1-2-4-9(11)8-5-6-8/h1-7,10-11H2. The van der Waals surface area contributed by atoms with Crippen molar-refractivity contribution >= 4 is 0 Å². The van der Waals surface area contributed by atoms with Gasteiger partial charge in [0.2, 0.25) is 0 Å². The van der Waals surface area contributed by atoms with Crippen molar-refractivity contribution in [3.63, 3.8) is 0 Å². The second-order valence-electron chi connectivity index (χ2n) is 3.23. The lowest BCUT2D eigenvalue weighted by atomic mass is 10.1. The van der Waals surface area contributed by atoms with Crippen molar-refractivity contribution in [3.8, 4) is 0 Å². The first-order valence-corrected chi connectivity index (χ1v) is 4.51. The van der Waals surface area contributed by atoms with Crippen LogP contribution in [0.5, 0.6) is 0 Å². The molecule has 0 aromatic heterocycles. The number of hydrogen-bond acceptors (Lipinski definition) is 2. The summed E-state index contributed by atoms with van der Waals surface area (Å²) in [6.45, 7) is 0.816. The second kappa shape index (κ2) is 4.39. The van der Waals surface area contributed by atoms with Crippen LogP contribution < -0.4 is 11.5 Å². The van der Waals surface area contributed by atoms with Crippen LogP contribution >= 0.6 is 0 Å². The van der Waals surface area contributed by atoms with Crippen LogP contribution in [0.4, 0.5) is 0 Å². The van der Waals surface area contributed by atoms with Gasteiger partial charge in [0.15, 0.2) is 0 Å². The fourth-order valence-electron chi connectivity index (χ4n) is 1.20. The van der Waals surface area contributed by atoms with Crippen LogP contribution in [-0.4, -0.2) is 6.54 Å². The molecule has 1 saturated carbocycles. The van der Waals surface area contributed by atoms with Gasteiger partial charge >= 0.3 is 0 Å². The Bertz CT molecular complexity index is 144. The van der Waals surface area contributed by atoms with Gasteiger partial charge in [0.25, 0.3) is 0 Å². The van der Waals surface area contributed by atoms with E-state index in [4.69, 9.17) is 11.5 Å². The molecule has 0 aromatic rings. The number of nitrogens with two attached hydrogens (primary N) is 2. The van der Waals surface area contributed by atoms with Crippen LogP contribution in [0.15, 0.2) is 11.3 Å². The third-order valence-corrected chi connectivity index (χ3v) is 2.10. The lowest BCUT2D eigenvalue weighted by molar-refractivity contribution is 0.680. The molecule has 0 atom stereocenters. The average molecular weight is 154 g/mol. The van der Waals surface area contributed by atoms with Crippen LogP contribution in [0, 0.1) is 0 Å². The van der Waals surface area contributed by atoms with E-state index in [0.29, 0.717) is 0 Å².